The molecular weight excluding hydrogens is 268 g/mol. The molecule has 0 heterocycles. The Morgan fingerprint density at radius 1 is 1.11 bits per heavy atom. The van der Waals surface area contributed by atoms with E-state index in [1.807, 2.05) is 19.9 Å². The van der Waals surface area contributed by atoms with Crippen LogP contribution in [0.1, 0.15) is 30.9 Å². The van der Waals surface area contributed by atoms with E-state index in [1.165, 1.54) is 7.11 Å². The summed E-state index contributed by atoms with van der Waals surface area (Å²) in [5.74, 6) is 1.39. The highest BCUT2D eigenvalue weighted by molar-refractivity contribution is 7.85. The van der Waals surface area contributed by atoms with Gasteiger partial charge in [-0.2, -0.15) is 8.42 Å². The van der Waals surface area contributed by atoms with Crippen molar-refractivity contribution in [1.82, 2.24) is 0 Å². The van der Waals surface area contributed by atoms with Crippen molar-refractivity contribution < 1.29 is 22.1 Å². The van der Waals surface area contributed by atoms with Crippen molar-refractivity contribution in [3.8, 4) is 11.5 Å². The lowest BCUT2D eigenvalue weighted by Crippen LogP contribution is -2.06. The number of ether oxygens (including phenoxy) is 2. The highest BCUT2D eigenvalue weighted by atomic mass is 32.2. The fourth-order valence-electron chi connectivity index (χ4n) is 1.77. The summed E-state index contributed by atoms with van der Waals surface area (Å²) >= 11 is 0. The minimum absolute atomic E-state index is 0.00724. The van der Waals surface area contributed by atoms with Gasteiger partial charge in [-0.05, 0) is 29.2 Å². The van der Waals surface area contributed by atoms with E-state index in [9.17, 15) is 8.42 Å². The average molecular weight is 288 g/mol. The molecule has 0 aliphatic rings. The van der Waals surface area contributed by atoms with E-state index in [4.69, 9.17) is 13.7 Å². The van der Waals surface area contributed by atoms with Gasteiger partial charge >= 0.3 is 0 Å². The standard InChI is InChI=1S/C13H20O5S/c1-9(2)11-7-13(17-4)12(16-3)6-10(11)8-18-19(5,14)15/h6-7,9H,8H2,1-5H3. The van der Waals surface area contributed by atoms with E-state index >= 15 is 0 Å². The Morgan fingerprint density at radius 3 is 2.05 bits per heavy atom. The molecule has 5 nitrogen and oxygen atoms in total. The van der Waals surface area contributed by atoms with Crippen LogP contribution in [0.3, 0.4) is 0 Å². The summed E-state index contributed by atoms with van der Waals surface area (Å²) in [6, 6.07) is 3.60. The Morgan fingerprint density at radius 2 is 1.63 bits per heavy atom. The zero-order valence-electron chi connectivity index (χ0n) is 11.9. The summed E-state index contributed by atoms with van der Waals surface area (Å²) in [5, 5.41) is 0. The van der Waals surface area contributed by atoms with Gasteiger partial charge in [-0.15, -0.1) is 0 Å². The molecule has 6 heteroatoms. The lowest BCUT2D eigenvalue weighted by Gasteiger charge is -2.17. The van der Waals surface area contributed by atoms with Crippen LogP contribution in [-0.2, 0) is 20.9 Å². The monoisotopic (exact) mass is 288 g/mol. The Kier molecular flexibility index (Phi) is 5.20. The van der Waals surface area contributed by atoms with Crippen molar-refractivity contribution >= 4 is 10.1 Å². The molecule has 1 aromatic rings. The first-order valence-electron chi connectivity index (χ1n) is 5.87. The van der Waals surface area contributed by atoms with Gasteiger partial charge in [0.25, 0.3) is 10.1 Å². The SMILES string of the molecule is COc1cc(COS(C)(=O)=O)c(C(C)C)cc1OC. The fraction of sp³-hybridized carbons (Fsp3) is 0.538. The van der Waals surface area contributed by atoms with Crippen molar-refractivity contribution in [2.24, 2.45) is 0 Å². The Bertz CT molecular complexity index is 534. The predicted molar refractivity (Wildman–Crippen MR) is 73.3 cm³/mol. The van der Waals surface area contributed by atoms with E-state index in [2.05, 4.69) is 0 Å². The van der Waals surface area contributed by atoms with Gasteiger partial charge in [0.2, 0.25) is 0 Å². The highest BCUT2D eigenvalue weighted by Crippen LogP contribution is 2.34. The second-order valence-corrected chi connectivity index (χ2v) is 6.17. The third-order valence-corrected chi connectivity index (χ3v) is 3.24. The van der Waals surface area contributed by atoms with Crippen molar-refractivity contribution in [2.75, 3.05) is 20.5 Å². The average Bonchev–Trinajstić information content (AvgIpc) is 2.33. The van der Waals surface area contributed by atoms with Crippen LogP contribution in [0.15, 0.2) is 12.1 Å². The number of rotatable bonds is 6. The van der Waals surface area contributed by atoms with Gasteiger partial charge in [0.05, 0.1) is 27.1 Å². The van der Waals surface area contributed by atoms with Crippen LogP contribution in [0.25, 0.3) is 0 Å². The smallest absolute Gasteiger partial charge is 0.264 e. The third-order valence-electron chi connectivity index (χ3n) is 2.70. The van der Waals surface area contributed by atoms with E-state index in [0.717, 1.165) is 17.4 Å². The minimum atomic E-state index is -3.47. The molecule has 1 aromatic carbocycles. The van der Waals surface area contributed by atoms with Gasteiger partial charge in [0, 0.05) is 0 Å². The Labute approximate surface area is 114 Å². The van der Waals surface area contributed by atoms with Crippen LogP contribution < -0.4 is 9.47 Å². The molecule has 108 valence electrons. The normalized spacial score (nSPS) is 11.7. The molecule has 0 saturated carbocycles. The number of methoxy groups -OCH3 is 2. The summed E-state index contributed by atoms with van der Waals surface area (Å²) in [6.45, 7) is 4.03. The molecule has 0 unspecified atom stereocenters. The van der Waals surface area contributed by atoms with Crippen LogP contribution in [0, 0.1) is 0 Å². The van der Waals surface area contributed by atoms with Gasteiger partial charge in [0.15, 0.2) is 11.5 Å². The number of benzene rings is 1. The quantitative estimate of drug-likeness (QED) is 0.752. The van der Waals surface area contributed by atoms with Crippen LogP contribution in [-0.4, -0.2) is 28.9 Å². The van der Waals surface area contributed by atoms with Gasteiger partial charge in [-0.1, -0.05) is 13.8 Å². The second kappa shape index (κ2) is 6.25. The van der Waals surface area contributed by atoms with E-state index < -0.39 is 10.1 Å². The summed E-state index contributed by atoms with van der Waals surface area (Å²) < 4.78 is 37.5. The first-order chi connectivity index (χ1) is 8.78. The van der Waals surface area contributed by atoms with Crippen LogP contribution in [0.5, 0.6) is 11.5 Å². The molecule has 0 fully saturated rings. The first kappa shape index (κ1) is 15.8. The topological polar surface area (TPSA) is 61.8 Å². The van der Waals surface area contributed by atoms with E-state index in [1.54, 1.807) is 13.2 Å². The zero-order chi connectivity index (χ0) is 14.6. The molecular formula is C13H20O5S. The Hall–Kier alpha value is -1.27. The van der Waals surface area contributed by atoms with Crippen LogP contribution >= 0.6 is 0 Å². The summed E-state index contributed by atoms with van der Waals surface area (Å²) in [4.78, 5) is 0. The minimum Gasteiger partial charge on any atom is -0.493 e. The molecule has 0 aromatic heterocycles. The summed E-state index contributed by atoms with van der Waals surface area (Å²) in [5.41, 5.74) is 1.75. The largest absolute Gasteiger partial charge is 0.493 e. The lowest BCUT2D eigenvalue weighted by atomic mass is 9.97. The molecule has 0 radical (unpaired) electrons. The molecule has 0 N–H and O–H groups in total. The Balaban J connectivity index is 3.19. The molecule has 0 atom stereocenters. The summed E-state index contributed by atoms with van der Waals surface area (Å²) in [7, 11) is -0.372. The fourth-order valence-corrected chi connectivity index (χ4v) is 2.11. The second-order valence-electron chi connectivity index (χ2n) is 4.53. The maximum absolute atomic E-state index is 11.1. The molecule has 0 saturated heterocycles. The first-order valence-corrected chi connectivity index (χ1v) is 7.69. The van der Waals surface area contributed by atoms with Gasteiger partial charge in [-0.3, -0.25) is 4.18 Å². The molecule has 1 rings (SSSR count). The van der Waals surface area contributed by atoms with Gasteiger partial charge in [0.1, 0.15) is 0 Å². The van der Waals surface area contributed by atoms with Crippen molar-refractivity contribution in [1.29, 1.82) is 0 Å². The molecule has 0 spiro atoms. The molecule has 0 aliphatic carbocycles. The highest BCUT2D eigenvalue weighted by Gasteiger charge is 2.15. The molecule has 0 aliphatic heterocycles. The van der Waals surface area contributed by atoms with Crippen molar-refractivity contribution in [3.05, 3.63) is 23.3 Å². The van der Waals surface area contributed by atoms with Gasteiger partial charge in [-0.25, -0.2) is 0 Å². The van der Waals surface area contributed by atoms with Gasteiger partial charge < -0.3 is 9.47 Å². The van der Waals surface area contributed by atoms with E-state index in [-0.39, 0.29) is 12.5 Å². The number of hydrogen-bond donors (Lipinski definition) is 0. The summed E-state index contributed by atoms with van der Waals surface area (Å²) in [6.07, 6.45) is 1.03. The molecule has 0 amide bonds. The van der Waals surface area contributed by atoms with Crippen molar-refractivity contribution in [3.63, 3.8) is 0 Å². The van der Waals surface area contributed by atoms with Crippen LogP contribution in [0.4, 0.5) is 0 Å². The lowest BCUT2D eigenvalue weighted by molar-refractivity contribution is 0.307. The van der Waals surface area contributed by atoms with E-state index in [0.29, 0.717) is 11.5 Å². The maximum atomic E-state index is 11.1. The number of hydrogen-bond acceptors (Lipinski definition) is 5. The maximum Gasteiger partial charge on any atom is 0.264 e. The molecule has 0 bridgehead atoms. The van der Waals surface area contributed by atoms with Crippen molar-refractivity contribution in [2.45, 2.75) is 26.4 Å². The molecule has 19 heavy (non-hydrogen) atoms. The predicted octanol–water partition coefficient (Wildman–Crippen LogP) is 2.30. The zero-order valence-corrected chi connectivity index (χ0v) is 12.7. The van der Waals surface area contributed by atoms with Crippen LogP contribution in [0.2, 0.25) is 0 Å². The third kappa shape index (κ3) is 4.40.